The van der Waals surface area contributed by atoms with E-state index in [4.69, 9.17) is 5.73 Å². The summed E-state index contributed by atoms with van der Waals surface area (Å²) in [4.78, 5) is 11.8. The van der Waals surface area contributed by atoms with E-state index in [1.54, 1.807) is 0 Å². The van der Waals surface area contributed by atoms with Crippen molar-refractivity contribution < 1.29 is 4.79 Å². The highest BCUT2D eigenvalue weighted by Crippen LogP contribution is 2.08. The zero-order chi connectivity index (χ0) is 14.4. The van der Waals surface area contributed by atoms with E-state index in [2.05, 4.69) is 11.4 Å². The topological polar surface area (TPSA) is 55.1 Å². The molecule has 0 radical (unpaired) electrons. The Morgan fingerprint density at radius 2 is 1.85 bits per heavy atom. The van der Waals surface area contributed by atoms with Gasteiger partial charge >= 0.3 is 0 Å². The predicted molar refractivity (Wildman–Crippen MR) is 82.2 cm³/mol. The van der Waals surface area contributed by atoms with Crippen LogP contribution in [0.1, 0.15) is 23.1 Å². The Labute approximate surface area is 119 Å². The van der Waals surface area contributed by atoms with Gasteiger partial charge in [-0.2, -0.15) is 0 Å². The van der Waals surface area contributed by atoms with Crippen molar-refractivity contribution in [3.63, 3.8) is 0 Å². The molecule has 20 heavy (non-hydrogen) atoms. The number of amides is 1. The van der Waals surface area contributed by atoms with Gasteiger partial charge < -0.3 is 11.1 Å². The summed E-state index contributed by atoms with van der Waals surface area (Å²) < 4.78 is 0. The minimum atomic E-state index is 0.0725. The van der Waals surface area contributed by atoms with Crippen molar-refractivity contribution in [2.75, 3.05) is 5.73 Å². The van der Waals surface area contributed by atoms with E-state index >= 15 is 0 Å². The highest BCUT2D eigenvalue weighted by molar-refractivity contribution is 5.76. The van der Waals surface area contributed by atoms with Gasteiger partial charge in [-0.15, -0.1) is 0 Å². The van der Waals surface area contributed by atoms with Gasteiger partial charge in [0.1, 0.15) is 0 Å². The van der Waals surface area contributed by atoms with Crippen molar-refractivity contribution in [2.45, 2.75) is 26.3 Å². The lowest BCUT2D eigenvalue weighted by Gasteiger charge is -2.06. The maximum atomic E-state index is 11.8. The number of hydrogen-bond donors (Lipinski definition) is 2. The Kier molecular flexibility index (Phi) is 4.77. The Balaban J connectivity index is 1.77. The molecule has 0 unspecified atom stereocenters. The van der Waals surface area contributed by atoms with Gasteiger partial charge in [0.2, 0.25) is 5.91 Å². The molecule has 0 bridgehead atoms. The van der Waals surface area contributed by atoms with Crippen LogP contribution in [0, 0.1) is 6.92 Å². The van der Waals surface area contributed by atoms with Crippen LogP contribution in [-0.2, 0) is 17.8 Å². The van der Waals surface area contributed by atoms with Gasteiger partial charge in [-0.3, -0.25) is 4.79 Å². The van der Waals surface area contributed by atoms with Crippen molar-refractivity contribution >= 4 is 11.6 Å². The SMILES string of the molecule is Cc1cccc(CNC(=O)CCc2ccc(N)cc2)c1. The first-order valence-corrected chi connectivity index (χ1v) is 6.80. The number of nitrogens with two attached hydrogens (primary N) is 1. The van der Waals surface area contributed by atoms with E-state index in [-0.39, 0.29) is 5.91 Å². The van der Waals surface area contributed by atoms with Crippen LogP contribution in [0.15, 0.2) is 48.5 Å². The van der Waals surface area contributed by atoms with Crippen molar-refractivity contribution in [3.05, 3.63) is 65.2 Å². The van der Waals surface area contributed by atoms with Gasteiger partial charge in [-0.05, 0) is 36.6 Å². The van der Waals surface area contributed by atoms with Gasteiger partial charge in [0, 0.05) is 18.7 Å². The van der Waals surface area contributed by atoms with Crippen LogP contribution in [0.2, 0.25) is 0 Å². The van der Waals surface area contributed by atoms with Gasteiger partial charge in [-0.1, -0.05) is 42.0 Å². The molecule has 0 heterocycles. The fraction of sp³-hybridized carbons (Fsp3) is 0.235. The molecule has 0 fully saturated rings. The second-order valence-electron chi connectivity index (χ2n) is 5.01. The standard InChI is InChI=1S/C17H20N2O/c1-13-3-2-4-15(11-13)12-19-17(20)10-7-14-5-8-16(18)9-6-14/h2-6,8-9,11H,7,10,12,18H2,1H3,(H,19,20). The van der Waals surface area contributed by atoms with E-state index in [1.165, 1.54) is 5.56 Å². The Hall–Kier alpha value is -2.29. The number of carbonyl (C=O) groups is 1. The molecule has 2 aromatic rings. The summed E-state index contributed by atoms with van der Waals surface area (Å²) >= 11 is 0. The fourth-order valence-corrected chi connectivity index (χ4v) is 2.05. The van der Waals surface area contributed by atoms with E-state index < -0.39 is 0 Å². The first-order valence-electron chi connectivity index (χ1n) is 6.80. The first-order chi connectivity index (χ1) is 9.63. The highest BCUT2D eigenvalue weighted by atomic mass is 16.1. The number of rotatable bonds is 5. The quantitative estimate of drug-likeness (QED) is 0.819. The predicted octanol–water partition coefficient (Wildman–Crippen LogP) is 2.83. The molecule has 3 heteroatoms. The maximum absolute atomic E-state index is 11.8. The third-order valence-corrected chi connectivity index (χ3v) is 3.19. The van der Waals surface area contributed by atoms with Gasteiger partial charge in [-0.25, -0.2) is 0 Å². The molecule has 0 atom stereocenters. The van der Waals surface area contributed by atoms with Gasteiger partial charge in [0.15, 0.2) is 0 Å². The summed E-state index contributed by atoms with van der Waals surface area (Å²) in [5.74, 6) is 0.0725. The lowest BCUT2D eigenvalue weighted by Crippen LogP contribution is -2.23. The molecular weight excluding hydrogens is 248 g/mol. The second-order valence-corrected chi connectivity index (χ2v) is 5.01. The molecule has 1 amide bonds. The maximum Gasteiger partial charge on any atom is 0.220 e. The van der Waals surface area contributed by atoms with E-state index in [0.717, 1.165) is 23.2 Å². The van der Waals surface area contributed by atoms with Crippen LogP contribution in [0.3, 0.4) is 0 Å². The molecule has 0 spiro atoms. The highest BCUT2D eigenvalue weighted by Gasteiger charge is 2.02. The third kappa shape index (κ3) is 4.43. The molecule has 0 aromatic heterocycles. The van der Waals surface area contributed by atoms with Crippen LogP contribution in [0.5, 0.6) is 0 Å². The number of carbonyl (C=O) groups excluding carboxylic acids is 1. The first kappa shape index (κ1) is 14.1. The number of aryl methyl sites for hydroxylation is 2. The van der Waals surface area contributed by atoms with Crippen molar-refractivity contribution in [2.24, 2.45) is 0 Å². The van der Waals surface area contributed by atoms with Crippen LogP contribution >= 0.6 is 0 Å². The molecule has 3 nitrogen and oxygen atoms in total. The number of anilines is 1. The largest absolute Gasteiger partial charge is 0.399 e. The molecule has 3 N–H and O–H groups in total. The Morgan fingerprint density at radius 3 is 2.55 bits per heavy atom. The van der Waals surface area contributed by atoms with Gasteiger partial charge in [0.05, 0.1) is 0 Å². The summed E-state index contributed by atoms with van der Waals surface area (Å²) in [6, 6.07) is 15.8. The van der Waals surface area contributed by atoms with Crippen LogP contribution < -0.4 is 11.1 Å². The molecule has 2 rings (SSSR count). The summed E-state index contributed by atoms with van der Waals surface area (Å²) in [7, 11) is 0. The minimum absolute atomic E-state index is 0.0725. The lowest BCUT2D eigenvalue weighted by atomic mass is 10.1. The van der Waals surface area contributed by atoms with Crippen molar-refractivity contribution in [3.8, 4) is 0 Å². The molecule has 2 aromatic carbocycles. The van der Waals surface area contributed by atoms with Crippen LogP contribution in [0.4, 0.5) is 5.69 Å². The minimum Gasteiger partial charge on any atom is -0.399 e. The molecule has 0 saturated carbocycles. The number of nitrogen functional groups attached to an aromatic ring is 1. The smallest absolute Gasteiger partial charge is 0.220 e. The number of benzene rings is 2. The average molecular weight is 268 g/mol. The average Bonchev–Trinajstić information content (AvgIpc) is 2.45. The monoisotopic (exact) mass is 268 g/mol. The molecule has 0 aliphatic heterocycles. The fourth-order valence-electron chi connectivity index (χ4n) is 2.05. The molecule has 0 saturated heterocycles. The molecule has 0 aliphatic rings. The zero-order valence-electron chi connectivity index (χ0n) is 11.7. The van der Waals surface area contributed by atoms with Crippen molar-refractivity contribution in [1.82, 2.24) is 5.32 Å². The van der Waals surface area contributed by atoms with E-state index in [0.29, 0.717) is 13.0 Å². The van der Waals surface area contributed by atoms with Crippen LogP contribution in [0.25, 0.3) is 0 Å². The second kappa shape index (κ2) is 6.75. The summed E-state index contributed by atoms with van der Waals surface area (Å²) in [6.07, 6.45) is 1.23. The summed E-state index contributed by atoms with van der Waals surface area (Å²) in [5, 5.41) is 2.94. The van der Waals surface area contributed by atoms with E-state index in [9.17, 15) is 4.79 Å². The number of hydrogen-bond acceptors (Lipinski definition) is 2. The third-order valence-electron chi connectivity index (χ3n) is 3.19. The lowest BCUT2D eigenvalue weighted by molar-refractivity contribution is -0.121. The van der Waals surface area contributed by atoms with E-state index in [1.807, 2.05) is 49.4 Å². The number of nitrogens with one attached hydrogen (secondary N) is 1. The summed E-state index contributed by atoms with van der Waals surface area (Å²) in [6.45, 7) is 2.63. The van der Waals surface area contributed by atoms with Crippen LogP contribution in [-0.4, -0.2) is 5.91 Å². The zero-order valence-corrected chi connectivity index (χ0v) is 11.7. The summed E-state index contributed by atoms with van der Waals surface area (Å²) in [5.41, 5.74) is 9.84. The Morgan fingerprint density at radius 1 is 1.10 bits per heavy atom. The molecule has 0 aliphatic carbocycles. The normalized spacial score (nSPS) is 10.2. The molecular formula is C17H20N2O. The van der Waals surface area contributed by atoms with Gasteiger partial charge in [0.25, 0.3) is 0 Å². The van der Waals surface area contributed by atoms with Crippen molar-refractivity contribution in [1.29, 1.82) is 0 Å². The Bertz CT molecular complexity index is 576. The molecule has 104 valence electrons.